The van der Waals surface area contributed by atoms with E-state index in [9.17, 15) is 9.90 Å². The minimum absolute atomic E-state index is 0.0109. The molecule has 1 heterocycles. The maximum atomic E-state index is 10.8. The molecule has 0 bridgehead atoms. The van der Waals surface area contributed by atoms with Crippen molar-refractivity contribution in [3.63, 3.8) is 0 Å². The van der Waals surface area contributed by atoms with Crippen LogP contribution in [0, 0.1) is 0 Å². The first kappa shape index (κ1) is 14.7. The molecule has 0 radical (unpaired) electrons. The Morgan fingerprint density at radius 1 is 1.40 bits per heavy atom. The molecule has 1 aliphatic heterocycles. The number of rotatable bonds is 4. The summed E-state index contributed by atoms with van der Waals surface area (Å²) >= 11 is 0. The van der Waals surface area contributed by atoms with Crippen molar-refractivity contribution in [3.8, 4) is 0 Å². The van der Waals surface area contributed by atoms with Crippen molar-refractivity contribution in [2.45, 2.75) is 31.8 Å². The van der Waals surface area contributed by atoms with Crippen LogP contribution in [0.1, 0.15) is 24.2 Å². The van der Waals surface area contributed by atoms with Gasteiger partial charge in [0, 0.05) is 6.92 Å². The maximum Gasteiger partial charge on any atom is 0.302 e. The molecule has 0 spiro atoms. The van der Waals surface area contributed by atoms with E-state index in [2.05, 4.69) is 0 Å². The molecule has 2 N–H and O–H groups in total. The third-order valence-corrected chi connectivity index (χ3v) is 3.10. The predicted octanol–water partition coefficient (Wildman–Crippen LogP) is 1.10. The molecule has 1 aromatic rings. The van der Waals surface area contributed by atoms with Gasteiger partial charge >= 0.3 is 5.97 Å². The molecule has 5 nitrogen and oxygen atoms in total. The van der Waals surface area contributed by atoms with Gasteiger partial charge in [-0.25, -0.2) is 0 Å². The first-order chi connectivity index (χ1) is 9.60. The summed E-state index contributed by atoms with van der Waals surface area (Å²) in [6.45, 7) is 1.29. The Bertz CT molecular complexity index is 497. The van der Waals surface area contributed by atoms with Crippen molar-refractivity contribution >= 4 is 5.97 Å². The predicted molar refractivity (Wildman–Crippen MR) is 71.8 cm³/mol. The van der Waals surface area contributed by atoms with E-state index >= 15 is 0 Å². The van der Waals surface area contributed by atoms with Gasteiger partial charge in [0.1, 0.15) is 24.9 Å². The first-order valence-corrected chi connectivity index (χ1v) is 6.45. The Labute approximate surface area is 117 Å². The summed E-state index contributed by atoms with van der Waals surface area (Å²) in [6.07, 6.45) is 1.67. The highest BCUT2D eigenvalue weighted by atomic mass is 16.6. The van der Waals surface area contributed by atoms with Crippen molar-refractivity contribution in [1.29, 1.82) is 0 Å². The third-order valence-electron chi connectivity index (χ3n) is 3.10. The number of ether oxygens (including phenoxy) is 2. The van der Waals surface area contributed by atoms with Crippen LogP contribution >= 0.6 is 0 Å². The summed E-state index contributed by atoms with van der Waals surface area (Å²) in [6, 6.07) is 7.38. The molecular formula is C15H18O5. The largest absolute Gasteiger partial charge is 0.463 e. The first-order valence-electron chi connectivity index (χ1n) is 6.45. The van der Waals surface area contributed by atoms with E-state index in [0.29, 0.717) is 0 Å². The molecular weight excluding hydrogens is 260 g/mol. The van der Waals surface area contributed by atoms with Crippen molar-refractivity contribution < 1.29 is 24.5 Å². The molecule has 3 atom stereocenters. The quantitative estimate of drug-likeness (QED) is 0.637. The average molecular weight is 278 g/mol. The molecule has 0 fully saturated rings. The number of aliphatic hydroxyl groups excluding tert-OH is 2. The highest BCUT2D eigenvalue weighted by molar-refractivity contribution is 5.65. The average Bonchev–Trinajstić information content (AvgIpc) is 2.46. The summed E-state index contributed by atoms with van der Waals surface area (Å²) < 4.78 is 10.6. The standard InChI is InChI=1S/C15H18O5/c1-10(17)19-9-15-13(18)5-6-14(20-15)12-4-2-3-11(7-12)8-16/h2-7,13-16,18H,8-9H2,1H3. The lowest BCUT2D eigenvalue weighted by Gasteiger charge is -2.29. The molecule has 0 amide bonds. The van der Waals surface area contributed by atoms with Crippen molar-refractivity contribution in [3.05, 3.63) is 47.5 Å². The van der Waals surface area contributed by atoms with Crippen LogP contribution in [0.3, 0.4) is 0 Å². The van der Waals surface area contributed by atoms with E-state index in [-0.39, 0.29) is 19.3 Å². The van der Waals surface area contributed by atoms with E-state index < -0.39 is 18.2 Å². The van der Waals surface area contributed by atoms with Crippen LogP contribution in [0.4, 0.5) is 0 Å². The van der Waals surface area contributed by atoms with E-state index in [4.69, 9.17) is 14.6 Å². The molecule has 0 saturated carbocycles. The zero-order valence-corrected chi connectivity index (χ0v) is 11.2. The molecule has 20 heavy (non-hydrogen) atoms. The summed E-state index contributed by atoms with van der Waals surface area (Å²) in [5.74, 6) is -0.408. The minimum atomic E-state index is -0.799. The lowest BCUT2D eigenvalue weighted by atomic mass is 10.0. The van der Waals surface area contributed by atoms with Crippen LogP contribution < -0.4 is 0 Å². The minimum Gasteiger partial charge on any atom is -0.463 e. The molecule has 1 aromatic carbocycles. The summed E-state index contributed by atoms with van der Waals surface area (Å²) in [7, 11) is 0. The molecule has 2 rings (SSSR count). The Kier molecular flexibility index (Phi) is 4.89. The topological polar surface area (TPSA) is 76.0 Å². The third kappa shape index (κ3) is 3.66. The van der Waals surface area contributed by atoms with Crippen LogP contribution in [0.2, 0.25) is 0 Å². The second-order valence-corrected chi connectivity index (χ2v) is 4.68. The van der Waals surface area contributed by atoms with Gasteiger partial charge in [-0.2, -0.15) is 0 Å². The smallest absolute Gasteiger partial charge is 0.302 e. The Hall–Kier alpha value is -1.69. The molecule has 0 aromatic heterocycles. The van der Waals surface area contributed by atoms with Crippen molar-refractivity contribution in [1.82, 2.24) is 0 Å². The van der Waals surface area contributed by atoms with Gasteiger partial charge in [0.15, 0.2) is 0 Å². The highest BCUT2D eigenvalue weighted by Gasteiger charge is 2.27. The zero-order chi connectivity index (χ0) is 14.5. The van der Waals surface area contributed by atoms with Gasteiger partial charge in [-0.05, 0) is 11.1 Å². The number of benzene rings is 1. The lowest BCUT2D eigenvalue weighted by molar-refractivity contribution is -0.150. The zero-order valence-electron chi connectivity index (χ0n) is 11.2. The fraction of sp³-hybridized carbons (Fsp3) is 0.400. The van der Waals surface area contributed by atoms with Gasteiger partial charge in [0.25, 0.3) is 0 Å². The van der Waals surface area contributed by atoms with Crippen LogP contribution in [0.15, 0.2) is 36.4 Å². The summed E-state index contributed by atoms with van der Waals surface area (Å²) in [4.78, 5) is 10.8. The van der Waals surface area contributed by atoms with Gasteiger partial charge in [0.2, 0.25) is 0 Å². The van der Waals surface area contributed by atoms with E-state index in [1.807, 2.05) is 24.3 Å². The number of carbonyl (C=O) groups is 1. The highest BCUT2D eigenvalue weighted by Crippen LogP contribution is 2.27. The van der Waals surface area contributed by atoms with E-state index in [1.54, 1.807) is 12.2 Å². The second-order valence-electron chi connectivity index (χ2n) is 4.68. The molecule has 108 valence electrons. The summed E-state index contributed by atoms with van der Waals surface area (Å²) in [5, 5.41) is 18.9. The van der Waals surface area contributed by atoms with Gasteiger partial charge < -0.3 is 19.7 Å². The number of hydrogen-bond acceptors (Lipinski definition) is 5. The molecule has 0 aliphatic carbocycles. The van der Waals surface area contributed by atoms with Crippen LogP contribution in [0.5, 0.6) is 0 Å². The maximum absolute atomic E-state index is 10.8. The van der Waals surface area contributed by atoms with Crippen molar-refractivity contribution in [2.75, 3.05) is 6.61 Å². The Morgan fingerprint density at radius 2 is 2.20 bits per heavy atom. The van der Waals surface area contributed by atoms with Gasteiger partial charge in [-0.1, -0.05) is 36.4 Å². The van der Waals surface area contributed by atoms with Crippen LogP contribution in [-0.2, 0) is 20.9 Å². The van der Waals surface area contributed by atoms with Gasteiger partial charge in [-0.3, -0.25) is 4.79 Å². The van der Waals surface area contributed by atoms with Crippen LogP contribution in [-0.4, -0.2) is 35.0 Å². The van der Waals surface area contributed by atoms with Crippen molar-refractivity contribution in [2.24, 2.45) is 0 Å². The Balaban J connectivity index is 2.09. The Morgan fingerprint density at radius 3 is 2.90 bits per heavy atom. The normalized spacial score (nSPS) is 25.4. The number of carbonyl (C=O) groups excluding carboxylic acids is 1. The van der Waals surface area contributed by atoms with E-state index in [1.165, 1.54) is 6.92 Å². The number of aliphatic hydroxyl groups is 2. The lowest BCUT2D eigenvalue weighted by Crippen LogP contribution is -2.36. The molecule has 0 saturated heterocycles. The second kappa shape index (κ2) is 6.65. The fourth-order valence-corrected chi connectivity index (χ4v) is 2.05. The number of hydrogen-bond donors (Lipinski definition) is 2. The molecule has 1 aliphatic rings. The SMILES string of the molecule is CC(=O)OCC1OC(c2cccc(CO)c2)C=CC1O. The summed E-state index contributed by atoms with van der Waals surface area (Å²) in [5.41, 5.74) is 1.68. The fourth-order valence-electron chi connectivity index (χ4n) is 2.05. The van der Waals surface area contributed by atoms with Gasteiger partial charge in [-0.15, -0.1) is 0 Å². The van der Waals surface area contributed by atoms with Gasteiger partial charge in [0.05, 0.1) is 6.61 Å². The number of esters is 1. The molecule has 5 heteroatoms. The van der Waals surface area contributed by atoms with E-state index in [0.717, 1.165) is 11.1 Å². The monoisotopic (exact) mass is 278 g/mol. The molecule has 3 unspecified atom stereocenters. The van der Waals surface area contributed by atoms with Crippen LogP contribution in [0.25, 0.3) is 0 Å².